The van der Waals surface area contributed by atoms with Crippen molar-refractivity contribution in [3.05, 3.63) is 220 Å². The molecule has 0 saturated heterocycles. The van der Waals surface area contributed by atoms with E-state index in [2.05, 4.69) is 233 Å². The summed E-state index contributed by atoms with van der Waals surface area (Å²) < 4.78 is 81.1. The Bertz CT molecular complexity index is 5100. The summed E-state index contributed by atoms with van der Waals surface area (Å²) in [6, 6.07) is 25.5. The van der Waals surface area contributed by atoms with Gasteiger partial charge in [-0.05, 0) is 222 Å². The van der Waals surface area contributed by atoms with Crippen LogP contribution in [0.15, 0.2) is 119 Å². The number of benzene rings is 6. The highest BCUT2D eigenvalue weighted by Crippen LogP contribution is 2.59. The van der Waals surface area contributed by atoms with Gasteiger partial charge in [-0.1, -0.05) is 251 Å². The molecular formula is C100H134O14P2. The second-order valence-electron chi connectivity index (χ2n) is 43.1. The predicted octanol–water partition coefficient (Wildman–Crippen LogP) is 25.0. The van der Waals surface area contributed by atoms with E-state index in [4.69, 9.17) is 36.6 Å². The molecule has 6 aromatic carbocycles. The number of hydrogen-bond acceptors (Lipinski definition) is 14. The summed E-state index contributed by atoms with van der Waals surface area (Å²) >= 11 is 0. The summed E-state index contributed by atoms with van der Waals surface area (Å²) in [7, 11) is -8.40. The Morgan fingerprint density at radius 3 is 0.793 bits per heavy atom. The number of phenolic OH excluding ortho intramolecular Hbond substituents is 2. The van der Waals surface area contributed by atoms with Gasteiger partial charge in [0.1, 0.15) is 34.5 Å². The van der Waals surface area contributed by atoms with E-state index in [9.17, 15) is 19.3 Å². The summed E-state index contributed by atoms with van der Waals surface area (Å²) in [5.41, 5.74) is 14.6. The molecule has 2 N–H and O–H groups in total. The maximum Gasteiger partial charge on any atom is 0.530 e. The molecule has 4 aliphatic heterocycles. The third kappa shape index (κ3) is 19.3. The number of ketones is 2. The van der Waals surface area contributed by atoms with Gasteiger partial charge in [0.15, 0.2) is 11.2 Å². The molecule has 0 amide bonds. The first-order valence-corrected chi connectivity index (χ1v) is 44.9. The molecule has 12 rings (SSSR count). The average molecular weight is 1620 g/mol. The second-order valence-corrected chi connectivity index (χ2v) is 46.1. The highest BCUT2D eigenvalue weighted by atomic mass is 31.2. The number of ether oxygens (including phenoxy) is 2. The molecule has 0 radical (unpaired) electrons. The average Bonchev–Trinajstić information content (AvgIpc) is 1.56. The van der Waals surface area contributed by atoms with Crippen LogP contribution in [0.1, 0.15) is 322 Å². The van der Waals surface area contributed by atoms with Gasteiger partial charge in [0, 0.05) is 62.5 Å². The fraction of sp³-hybridized carbons (Fsp3) is 0.540. The van der Waals surface area contributed by atoms with Crippen LogP contribution in [-0.2, 0) is 121 Å². The van der Waals surface area contributed by atoms with E-state index in [0.717, 1.165) is 89.0 Å². The first kappa shape index (κ1) is 89.5. The van der Waals surface area contributed by atoms with E-state index in [-0.39, 0.29) is 92.1 Å². The topological polar surface area (TPSA) is 183 Å². The zero-order valence-electron chi connectivity index (χ0n) is 75.9. The minimum Gasteiger partial charge on any atom is -0.507 e. The lowest BCUT2D eigenvalue weighted by atomic mass is 9.73. The number of carbonyl (C=O) groups is 2. The molecule has 6 aliphatic rings. The normalized spacial score (nSPS) is 18.8. The van der Waals surface area contributed by atoms with Gasteiger partial charge >= 0.3 is 15.6 Å². The second kappa shape index (κ2) is 31.1. The number of rotatable bonds is 12. The lowest BCUT2D eigenvalue weighted by Crippen LogP contribution is -2.45. The molecule has 2 atom stereocenters. The van der Waals surface area contributed by atoms with Gasteiger partial charge in [-0.15, -0.1) is 0 Å². The molecule has 2 aliphatic carbocycles. The molecule has 0 aromatic heterocycles. The summed E-state index contributed by atoms with van der Waals surface area (Å²) in [6.45, 7) is 66.5. The number of fused-ring (bicyclic) bond motifs is 10. The van der Waals surface area contributed by atoms with Gasteiger partial charge in [0.05, 0.1) is 24.4 Å². The lowest BCUT2D eigenvalue weighted by Gasteiger charge is -2.34. The van der Waals surface area contributed by atoms with Gasteiger partial charge in [0.2, 0.25) is 11.6 Å². The van der Waals surface area contributed by atoms with Crippen molar-refractivity contribution in [3.63, 3.8) is 0 Å². The van der Waals surface area contributed by atoms with Crippen LogP contribution in [0.5, 0.6) is 34.5 Å². The molecule has 14 bridgehead atoms. The summed E-state index contributed by atoms with van der Waals surface area (Å²) in [5.74, 6) is 2.23. The van der Waals surface area contributed by atoms with E-state index in [0.29, 0.717) is 82.1 Å². The molecule has 14 nitrogen and oxygen atoms in total. The summed E-state index contributed by atoms with van der Waals surface area (Å²) in [4.78, 5) is 30.4. The molecule has 0 saturated carbocycles. The van der Waals surface area contributed by atoms with Crippen molar-refractivity contribution in [1.82, 2.24) is 0 Å². The molecule has 628 valence electrons. The number of phenols is 2. The largest absolute Gasteiger partial charge is 0.530 e. The van der Waals surface area contributed by atoms with E-state index in [1.54, 1.807) is 27.7 Å². The first-order valence-electron chi connectivity index (χ1n) is 42.0. The Morgan fingerprint density at radius 2 is 0.534 bits per heavy atom. The zero-order chi connectivity index (χ0) is 86.3. The van der Waals surface area contributed by atoms with E-state index in [1.807, 2.05) is 58.1 Å². The Balaban J connectivity index is 0.000000228. The van der Waals surface area contributed by atoms with Gasteiger partial charge < -0.3 is 28.7 Å². The number of aromatic hydroxyl groups is 2. The fourth-order valence-electron chi connectivity index (χ4n) is 16.2. The van der Waals surface area contributed by atoms with Crippen molar-refractivity contribution < 1.29 is 65.5 Å². The Kier molecular flexibility index (Phi) is 24.0. The van der Waals surface area contributed by atoms with E-state index >= 15 is 9.59 Å². The Morgan fingerprint density at radius 1 is 0.319 bits per heavy atom. The third-order valence-corrected chi connectivity index (χ3v) is 26.3. The molecular weight excluding hydrogens is 1490 g/mol. The van der Waals surface area contributed by atoms with Gasteiger partial charge in [-0.2, -0.15) is 0 Å². The monoisotopic (exact) mass is 1620 g/mol. The fourth-order valence-corrected chi connectivity index (χ4v) is 19.4. The van der Waals surface area contributed by atoms with E-state index in [1.165, 1.54) is 0 Å². The van der Waals surface area contributed by atoms with Gasteiger partial charge in [-0.3, -0.25) is 27.7 Å². The standard InChI is InChI=1S/2C50H67O7P/c1-29(2)55-58(53,56-30(3)4)57-44-34-17-31-20-38(46(5,6)7)21-32(42(31)51)18-36-25-41(49(14,15)16)28-50(45(36)52)27-37-26-40(48(11,12)13)22-33(43(37)54-50)19-35(44)24-39(23-34)47(8,9)10;1-29(2)55-58(53,56-30(3)4)57-44-34-18-32-21-38(46(5,6)7)20-31(42(32)51)17-33-22-40(48(11,12)13)26-37-27-50(54-43(33)37)28-41(49(14,15)16)25-36(45(50)52)19-35(44)24-39(23-34)47(8,9)10/h2*20-26,28-30,51H,17-19,27H2,1-16H3. The Labute approximate surface area is 694 Å². The quantitative estimate of drug-likeness (QED) is 0.110. The molecule has 6 aromatic rings. The van der Waals surface area contributed by atoms with Crippen molar-refractivity contribution in [1.29, 1.82) is 0 Å². The Hall–Kier alpha value is -7.28. The first-order chi connectivity index (χ1) is 53.0. The molecule has 4 heterocycles. The van der Waals surface area contributed by atoms with Crippen LogP contribution in [-0.4, -0.2) is 57.4 Å². The van der Waals surface area contributed by atoms with E-state index < -0.39 is 51.3 Å². The molecule has 2 unspecified atom stereocenters. The minimum atomic E-state index is -4.22. The van der Waals surface area contributed by atoms with Crippen molar-refractivity contribution in [2.24, 2.45) is 10.8 Å². The maximum atomic E-state index is 15.3. The van der Waals surface area contributed by atoms with Crippen LogP contribution < -0.4 is 18.5 Å². The van der Waals surface area contributed by atoms with Crippen molar-refractivity contribution in [2.75, 3.05) is 0 Å². The SMILES string of the molecule is CC(C)OP(=O)(Oc1c2cc(C(C)(C)C)cc1Cc1cc(C(C)(C)C)cc(c1O)Cc1cc(C(C)(C)C)cc3c1OC1(C=C(C(C)(C)C)C=C(C2)C1=O)C3)OC(C)C.CC(C)OP(=O)(Oc1c2cc(C(C)(C)C)cc1Cc1cc(C(C)(C)C)cc3c1OC1(C=C(C(C)(C)C)C=C(Cc4cc(C(C)(C)C)cc(c4O)C2)C1=O)C3)OC(C)C. The van der Waals surface area contributed by atoms with Crippen molar-refractivity contribution in [2.45, 2.75) is 341 Å². The zero-order valence-corrected chi connectivity index (χ0v) is 77.7. The number of phosphoric acid groups is 2. The van der Waals surface area contributed by atoms with Crippen LogP contribution in [0, 0.1) is 10.8 Å². The molecule has 116 heavy (non-hydrogen) atoms. The van der Waals surface area contributed by atoms with Crippen LogP contribution in [0.25, 0.3) is 0 Å². The maximum absolute atomic E-state index is 15.3. The van der Waals surface area contributed by atoms with Crippen molar-refractivity contribution >= 4 is 27.2 Å². The lowest BCUT2D eigenvalue weighted by molar-refractivity contribution is -0.126. The predicted molar refractivity (Wildman–Crippen MR) is 470 cm³/mol. The van der Waals surface area contributed by atoms with Crippen LogP contribution >= 0.6 is 15.6 Å². The molecule has 16 heteroatoms. The number of hydrogen-bond donors (Lipinski definition) is 2. The highest BCUT2D eigenvalue weighted by molar-refractivity contribution is 7.49. The number of allylic oxidation sites excluding steroid dienone is 4. The number of Topliss-reactive ketones (excluding diaryl/α,β-unsaturated/α-hetero) is 2. The van der Waals surface area contributed by atoms with Crippen molar-refractivity contribution in [3.8, 4) is 34.5 Å². The van der Waals surface area contributed by atoms with Gasteiger partial charge in [0.25, 0.3) is 0 Å². The highest BCUT2D eigenvalue weighted by Gasteiger charge is 2.53. The van der Waals surface area contributed by atoms with Gasteiger partial charge in [-0.25, -0.2) is 9.13 Å². The minimum absolute atomic E-state index is 0.0887. The number of carbonyl (C=O) groups excluding carboxylic acids is 2. The van der Waals surface area contributed by atoms with Crippen LogP contribution in [0.2, 0.25) is 0 Å². The smallest absolute Gasteiger partial charge is 0.507 e. The number of phosphoric ester groups is 2. The summed E-state index contributed by atoms with van der Waals surface area (Å²) in [5, 5.41) is 24.8. The molecule has 2 spiro atoms. The van der Waals surface area contributed by atoms with Crippen LogP contribution in [0.3, 0.4) is 0 Å². The third-order valence-electron chi connectivity index (χ3n) is 22.7. The van der Waals surface area contributed by atoms with Crippen LogP contribution in [0.4, 0.5) is 0 Å². The summed E-state index contributed by atoms with van der Waals surface area (Å²) in [6.07, 6.45) is 8.75. The molecule has 0 fully saturated rings.